The molecule has 0 spiro atoms. The molecular weight excluding hydrogens is 233 g/mol. The number of hydrogen-bond donors (Lipinski definition) is 1. The summed E-state index contributed by atoms with van der Waals surface area (Å²) in [5, 5.41) is 4.21. The van der Waals surface area contributed by atoms with Gasteiger partial charge in [-0.05, 0) is 33.0 Å². The fourth-order valence-corrected chi connectivity index (χ4v) is 1.45. The molecule has 0 saturated carbocycles. The van der Waals surface area contributed by atoms with E-state index in [-0.39, 0.29) is 5.54 Å². The van der Waals surface area contributed by atoms with E-state index in [9.17, 15) is 0 Å². The van der Waals surface area contributed by atoms with Gasteiger partial charge in [0.2, 0.25) is 0 Å². The van der Waals surface area contributed by atoms with Crippen molar-refractivity contribution in [2.45, 2.75) is 19.4 Å². The Kier molecular flexibility index (Phi) is 4.26. The highest BCUT2D eigenvalue weighted by Gasteiger charge is 2.17. The summed E-state index contributed by atoms with van der Waals surface area (Å²) < 4.78 is 5.60. The highest BCUT2D eigenvalue weighted by Crippen LogP contribution is 2.32. The van der Waals surface area contributed by atoms with Gasteiger partial charge in [-0.3, -0.25) is 0 Å². The maximum absolute atomic E-state index is 5.97. The third-order valence-corrected chi connectivity index (χ3v) is 2.77. The second-order valence-corrected chi connectivity index (χ2v) is 4.79. The lowest BCUT2D eigenvalue weighted by Gasteiger charge is -2.24. The van der Waals surface area contributed by atoms with Gasteiger partial charge in [0.1, 0.15) is 6.61 Å². The highest BCUT2D eigenvalue weighted by molar-refractivity contribution is 6.37. The van der Waals surface area contributed by atoms with Gasteiger partial charge in [-0.15, -0.1) is 0 Å². The molecule has 15 heavy (non-hydrogen) atoms. The van der Waals surface area contributed by atoms with Gasteiger partial charge in [-0.25, -0.2) is 0 Å². The summed E-state index contributed by atoms with van der Waals surface area (Å²) >= 11 is 11.9. The fourth-order valence-electron chi connectivity index (χ4n) is 0.945. The third-order valence-electron chi connectivity index (χ3n) is 2.17. The summed E-state index contributed by atoms with van der Waals surface area (Å²) in [5.74, 6) is 0.546. The lowest BCUT2D eigenvalue weighted by Crippen LogP contribution is -2.42. The first-order valence-electron chi connectivity index (χ1n) is 4.72. The van der Waals surface area contributed by atoms with Crippen LogP contribution in [0.3, 0.4) is 0 Å². The molecule has 0 aliphatic heterocycles. The molecule has 0 aromatic heterocycles. The van der Waals surface area contributed by atoms with Gasteiger partial charge < -0.3 is 10.1 Å². The zero-order valence-corrected chi connectivity index (χ0v) is 10.6. The second kappa shape index (κ2) is 5.06. The Morgan fingerprint density at radius 2 is 1.80 bits per heavy atom. The van der Waals surface area contributed by atoms with Crippen LogP contribution in [0.2, 0.25) is 10.0 Å². The van der Waals surface area contributed by atoms with Crippen LogP contribution in [0.25, 0.3) is 0 Å². The largest absolute Gasteiger partial charge is 0.489 e. The maximum Gasteiger partial charge on any atom is 0.156 e. The predicted molar refractivity (Wildman–Crippen MR) is 65.1 cm³/mol. The van der Waals surface area contributed by atoms with Crippen molar-refractivity contribution < 1.29 is 4.74 Å². The first-order valence-corrected chi connectivity index (χ1v) is 5.47. The summed E-state index contributed by atoms with van der Waals surface area (Å²) in [6, 6.07) is 5.31. The molecule has 1 rings (SSSR count). The molecule has 0 radical (unpaired) electrons. The van der Waals surface area contributed by atoms with Crippen LogP contribution in [0.4, 0.5) is 0 Å². The SMILES string of the molecule is CNC(C)(C)COc1c(Cl)cccc1Cl. The average Bonchev–Trinajstić information content (AvgIpc) is 2.17. The summed E-state index contributed by atoms with van der Waals surface area (Å²) in [6.07, 6.45) is 0. The van der Waals surface area contributed by atoms with E-state index in [1.807, 2.05) is 20.9 Å². The Morgan fingerprint density at radius 3 is 2.27 bits per heavy atom. The maximum atomic E-state index is 5.97. The van der Waals surface area contributed by atoms with Gasteiger partial charge in [-0.2, -0.15) is 0 Å². The van der Waals surface area contributed by atoms with Crippen molar-refractivity contribution in [2.24, 2.45) is 0 Å². The molecule has 0 aliphatic carbocycles. The van der Waals surface area contributed by atoms with Crippen molar-refractivity contribution >= 4 is 23.2 Å². The van der Waals surface area contributed by atoms with E-state index >= 15 is 0 Å². The minimum atomic E-state index is -0.109. The molecule has 0 amide bonds. The standard InChI is InChI=1S/C11H15Cl2NO/c1-11(2,14-3)7-15-10-8(12)5-4-6-9(10)13/h4-6,14H,7H2,1-3H3. The number of ether oxygens (including phenoxy) is 1. The van der Waals surface area contributed by atoms with E-state index in [4.69, 9.17) is 27.9 Å². The summed E-state index contributed by atoms with van der Waals surface area (Å²) in [6.45, 7) is 4.59. The Hall–Kier alpha value is -0.440. The first-order chi connectivity index (χ1) is 6.96. The Balaban J connectivity index is 2.73. The molecule has 1 aromatic carbocycles. The van der Waals surface area contributed by atoms with Gasteiger partial charge in [-0.1, -0.05) is 29.3 Å². The van der Waals surface area contributed by atoms with Crippen LogP contribution < -0.4 is 10.1 Å². The van der Waals surface area contributed by atoms with E-state index in [2.05, 4.69) is 5.32 Å². The Labute approximate surface area is 101 Å². The third kappa shape index (κ3) is 3.56. The zero-order valence-electron chi connectivity index (χ0n) is 9.10. The van der Waals surface area contributed by atoms with Crippen LogP contribution in [0, 0.1) is 0 Å². The number of hydrogen-bond acceptors (Lipinski definition) is 2. The summed E-state index contributed by atoms with van der Waals surface area (Å²) in [5.41, 5.74) is -0.109. The van der Waals surface area contributed by atoms with E-state index in [1.54, 1.807) is 18.2 Å². The van der Waals surface area contributed by atoms with Crippen molar-refractivity contribution in [2.75, 3.05) is 13.7 Å². The Morgan fingerprint density at radius 1 is 1.27 bits per heavy atom. The topological polar surface area (TPSA) is 21.3 Å². The van der Waals surface area contributed by atoms with Crippen molar-refractivity contribution in [3.05, 3.63) is 28.2 Å². The molecular formula is C11H15Cl2NO. The van der Waals surface area contributed by atoms with E-state index < -0.39 is 0 Å². The smallest absolute Gasteiger partial charge is 0.156 e. The molecule has 4 heteroatoms. The van der Waals surface area contributed by atoms with Crippen molar-refractivity contribution in [1.29, 1.82) is 0 Å². The van der Waals surface area contributed by atoms with Crippen LogP contribution in [0.15, 0.2) is 18.2 Å². The van der Waals surface area contributed by atoms with Crippen LogP contribution >= 0.6 is 23.2 Å². The van der Waals surface area contributed by atoms with Crippen molar-refractivity contribution in [3.63, 3.8) is 0 Å². The fraction of sp³-hybridized carbons (Fsp3) is 0.455. The molecule has 0 aliphatic rings. The van der Waals surface area contributed by atoms with Gasteiger partial charge in [0, 0.05) is 5.54 Å². The monoisotopic (exact) mass is 247 g/mol. The molecule has 84 valence electrons. The predicted octanol–water partition coefficient (Wildman–Crippen LogP) is 3.37. The first kappa shape index (κ1) is 12.6. The van der Waals surface area contributed by atoms with Crippen LogP contribution in [0.1, 0.15) is 13.8 Å². The lowest BCUT2D eigenvalue weighted by molar-refractivity contribution is 0.217. The van der Waals surface area contributed by atoms with Gasteiger partial charge in [0.05, 0.1) is 10.0 Å². The number of para-hydroxylation sites is 1. The van der Waals surface area contributed by atoms with Gasteiger partial charge in [0.15, 0.2) is 5.75 Å². The van der Waals surface area contributed by atoms with Crippen LogP contribution in [-0.4, -0.2) is 19.2 Å². The summed E-state index contributed by atoms with van der Waals surface area (Å²) in [4.78, 5) is 0. The zero-order chi connectivity index (χ0) is 11.5. The number of halogens is 2. The normalized spacial score (nSPS) is 11.5. The minimum absolute atomic E-state index is 0.109. The lowest BCUT2D eigenvalue weighted by atomic mass is 10.1. The van der Waals surface area contributed by atoms with Gasteiger partial charge in [0.25, 0.3) is 0 Å². The number of rotatable bonds is 4. The molecule has 0 atom stereocenters. The van der Waals surface area contributed by atoms with Crippen LogP contribution in [-0.2, 0) is 0 Å². The van der Waals surface area contributed by atoms with Crippen molar-refractivity contribution in [3.8, 4) is 5.75 Å². The quantitative estimate of drug-likeness (QED) is 0.882. The molecule has 1 aromatic rings. The minimum Gasteiger partial charge on any atom is -0.489 e. The molecule has 0 fully saturated rings. The molecule has 0 unspecified atom stereocenters. The number of nitrogens with one attached hydrogen (secondary N) is 1. The van der Waals surface area contributed by atoms with E-state index in [0.29, 0.717) is 22.4 Å². The van der Waals surface area contributed by atoms with Crippen molar-refractivity contribution in [1.82, 2.24) is 5.32 Å². The average molecular weight is 248 g/mol. The number of benzene rings is 1. The molecule has 1 N–H and O–H groups in total. The molecule has 2 nitrogen and oxygen atoms in total. The highest BCUT2D eigenvalue weighted by atomic mass is 35.5. The number of likely N-dealkylation sites (N-methyl/N-ethyl adjacent to an activating group) is 1. The van der Waals surface area contributed by atoms with E-state index in [0.717, 1.165) is 0 Å². The molecule has 0 heterocycles. The Bertz CT molecular complexity index is 319. The van der Waals surface area contributed by atoms with Gasteiger partial charge >= 0.3 is 0 Å². The molecule has 0 bridgehead atoms. The molecule has 0 saturated heterocycles. The second-order valence-electron chi connectivity index (χ2n) is 3.97. The summed E-state index contributed by atoms with van der Waals surface area (Å²) in [7, 11) is 1.89. The van der Waals surface area contributed by atoms with Crippen LogP contribution in [0.5, 0.6) is 5.75 Å². The van der Waals surface area contributed by atoms with E-state index in [1.165, 1.54) is 0 Å².